The minimum Gasteiger partial charge on any atom is -0.415 e. The molecule has 1 amide bonds. The minimum atomic E-state index is -3.78. The highest BCUT2D eigenvalue weighted by molar-refractivity contribution is 7.55. The number of carbonyl (C=O) groups excluding carboxylic acids is 1. The Morgan fingerprint density at radius 3 is 1.93 bits per heavy atom. The third-order valence-corrected chi connectivity index (χ3v) is 7.25. The van der Waals surface area contributed by atoms with E-state index in [2.05, 4.69) is 5.32 Å². The smallest absolute Gasteiger partial charge is 0.415 e. The molecule has 0 aromatic heterocycles. The number of rotatable bonds is 8. The van der Waals surface area contributed by atoms with Gasteiger partial charge in [0.15, 0.2) is 5.78 Å². The van der Waals surface area contributed by atoms with E-state index in [9.17, 15) is 9.36 Å². The van der Waals surface area contributed by atoms with Crippen LogP contribution in [0.5, 0.6) is 11.5 Å². The summed E-state index contributed by atoms with van der Waals surface area (Å²) >= 11 is 0. The normalized spacial score (nSPS) is 17.2. The Labute approximate surface area is 172 Å². The first kappa shape index (κ1) is 21.4. The van der Waals surface area contributed by atoms with E-state index in [4.69, 9.17) is 14.8 Å². The molecule has 0 spiro atoms. The second-order valence-electron chi connectivity index (χ2n) is 7.46. The van der Waals surface area contributed by atoms with Crippen LogP contribution in [0.1, 0.15) is 39.0 Å². The molecule has 2 aromatic rings. The van der Waals surface area contributed by atoms with Gasteiger partial charge in [-0.15, -0.1) is 0 Å². The monoisotopic (exact) mass is 416 g/mol. The van der Waals surface area contributed by atoms with Gasteiger partial charge in [-0.3, -0.25) is 4.79 Å². The first-order valence-corrected chi connectivity index (χ1v) is 11.7. The van der Waals surface area contributed by atoms with E-state index in [0.29, 0.717) is 11.5 Å². The van der Waals surface area contributed by atoms with Crippen LogP contribution in [-0.4, -0.2) is 17.7 Å². The Kier molecular flexibility index (Phi) is 7.34. The highest BCUT2D eigenvalue weighted by Crippen LogP contribution is 2.51. The number of hydrogen-bond donors (Lipinski definition) is 2. The lowest BCUT2D eigenvalue weighted by Gasteiger charge is -2.29. The molecule has 3 rings (SSSR count). The molecule has 156 valence electrons. The Balaban J connectivity index is 1.75. The van der Waals surface area contributed by atoms with Crippen LogP contribution in [-0.2, 0) is 9.36 Å². The maximum absolute atomic E-state index is 13.7. The Morgan fingerprint density at radius 2 is 1.45 bits per heavy atom. The number of nitrogens with two attached hydrogens (primary N) is 1. The summed E-state index contributed by atoms with van der Waals surface area (Å²) in [6.45, 7) is 1.62. The van der Waals surface area contributed by atoms with Crippen LogP contribution in [0.3, 0.4) is 0 Å². The van der Waals surface area contributed by atoms with Gasteiger partial charge in [0.25, 0.3) is 0 Å². The van der Waals surface area contributed by atoms with Gasteiger partial charge in [-0.05, 0) is 49.9 Å². The predicted molar refractivity (Wildman–Crippen MR) is 114 cm³/mol. The number of benzene rings is 2. The van der Waals surface area contributed by atoms with Crippen molar-refractivity contribution in [1.29, 1.82) is 0 Å². The van der Waals surface area contributed by atoms with Crippen LogP contribution in [0.25, 0.3) is 0 Å². The molecular formula is C22H29N2O4P. The van der Waals surface area contributed by atoms with E-state index < -0.39 is 19.4 Å². The highest BCUT2D eigenvalue weighted by Gasteiger charge is 2.39. The van der Waals surface area contributed by atoms with Gasteiger partial charge in [-0.2, -0.15) is 0 Å². The number of nitrogens with one attached hydrogen (secondary N) is 1. The average molecular weight is 416 g/mol. The third kappa shape index (κ3) is 5.84. The third-order valence-electron chi connectivity index (χ3n) is 5.24. The summed E-state index contributed by atoms with van der Waals surface area (Å²) < 4.78 is 25.2. The summed E-state index contributed by atoms with van der Waals surface area (Å²) in [6.07, 6.45) is 5.26. The van der Waals surface area contributed by atoms with Gasteiger partial charge in [0.2, 0.25) is 5.91 Å². The van der Waals surface area contributed by atoms with E-state index in [1.54, 1.807) is 55.5 Å². The molecule has 0 aliphatic heterocycles. The van der Waals surface area contributed by atoms with Crippen molar-refractivity contribution < 1.29 is 18.4 Å². The number of para-hydroxylation sites is 2. The largest absolute Gasteiger partial charge is 0.452 e. The van der Waals surface area contributed by atoms with Crippen molar-refractivity contribution in [3.8, 4) is 11.5 Å². The van der Waals surface area contributed by atoms with E-state index in [1.807, 2.05) is 12.1 Å². The maximum Gasteiger partial charge on any atom is 0.452 e. The number of carbonyl (C=O) groups is 1. The summed E-state index contributed by atoms with van der Waals surface area (Å²) in [4.78, 5) is 12.7. The van der Waals surface area contributed by atoms with Gasteiger partial charge >= 0.3 is 7.60 Å². The zero-order chi connectivity index (χ0) is 20.7. The van der Waals surface area contributed by atoms with E-state index >= 15 is 0 Å². The van der Waals surface area contributed by atoms with Crippen molar-refractivity contribution in [2.75, 3.05) is 0 Å². The molecule has 0 saturated heterocycles. The van der Waals surface area contributed by atoms with E-state index in [0.717, 1.165) is 25.7 Å². The summed E-state index contributed by atoms with van der Waals surface area (Å²) in [6, 6.07) is 17.0. The Bertz CT molecular complexity index is 780. The fourth-order valence-electron chi connectivity index (χ4n) is 3.52. The van der Waals surface area contributed by atoms with Crippen LogP contribution < -0.4 is 20.1 Å². The van der Waals surface area contributed by atoms with Crippen LogP contribution in [0.15, 0.2) is 60.7 Å². The van der Waals surface area contributed by atoms with Gasteiger partial charge in [0.05, 0.1) is 6.04 Å². The van der Waals surface area contributed by atoms with E-state index in [1.165, 1.54) is 6.42 Å². The van der Waals surface area contributed by atoms with Gasteiger partial charge in [0.1, 0.15) is 11.5 Å². The highest BCUT2D eigenvalue weighted by atomic mass is 31.2. The lowest BCUT2D eigenvalue weighted by molar-refractivity contribution is -0.124. The maximum atomic E-state index is 13.7. The zero-order valence-electron chi connectivity index (χ0n) is 16.7. The molecule has 1 fully saturated rings. The molecule has 1 aliphatic rings. The molecule has 0 radical (unpaired) electrons. The molecule has 7 heteroatoms. The van der Waals surface area contributed by atoms with Gasteiger partial charge in [-0.25, -0.2) is 4.57 Å². The topological polar surface area (TPSA) is 90.7 Å². The molecule has 0 bridgehead atoms. The summed E-state index contributed by atoms with van der Waals surface area (Å²) in [5.74, 6) is -0.225. The molecule has 29 heavy (non-hydrogen) atoms. The number of amides is 1. The fraction of sp³-hybridized carbons (Fsp3) is 0.409. The second-order valence-corrected chi connectivity index (χ2v) is 9.68. The van der Waals surface area contributed by atoms with Crippen LogP contribution in [0.4, 0.5) is 0 Å². The van der Waals surface area contributed by atoms with Crippen LogP contribution in [0, 0.1) is 5.92 Å². The molecule has 1 saturated carbocycles. The van der Waals surface area contributed by atoms with Crippen LogP contribution in [0.2, 0.25) is 0 Å². The van der Waals surface area contributed by atoms with Gasteiger partial charge in [0, 0.05) is 0 Å². The first-order valence-electron chi connectivity index (χ1n) is 10.1. The standard InChI is InChI=1S/C22H29N2O4P/c1-17(24-22(25)21(23)18-11-5-2-6-12-18)29(26,27-19-13-7-3-8-14-19)28-20-15-9-4-10-16-20/h3-4,7-10,13-18,21H,2,5-6,11-12,23H2,1H3,(H,24,25)/t17?,21-/m0/s1. The molecule has 0 heterocycles. The molecule has 1 unspecified atom stereocenters. The Morgan fingerprint density at radius 1 is 0.966 bits per heavy atom. The summed E-state index contributed by atoms with van der Waals surface area (Å²) in [7, 11) is -3.78. The van der Waals surface area contributed by atoms with Crippen molar-refractivity contribution in [1.82, 2.24) is 5.32 Å². The first-order chi connectivity index (χ1) is 14.0. The van der Waals surface area contributed by atoms with Crippen molar-refractivity contribution in [2.24, 2.45) is 11.7 Å². The minimum absolute atomic E-state index is 0.153. The molecule has 6 nitrogen and oxygen atoms in total. The van der Waals surface area contributed by atoms with Gasteiger partial charge < -0.3 is 20.1 Å². The SMILES string of the molecule is CC(NC(=O)[C@@H](N)C1CCCCC1)P(=O)(Oc1ccccc1)Oc1ccccc1. The quantitative estimate of drug-likeness (QED) is 0.609. The molecular weight excluding hydrogens is 387 g/mol. The molecule has 3 N–H and O–H groups in total. The zero-order valence-corrected chi connectivity index (χ0v) is 17.6. The summed E-state index contributed by atoms with van der Waals surface area (Å²) in [5, 5.41) is 2.78. The van der Waals surface area contributed by atoms with E-state index in [-0.39, 0.29) is 11.8 Å². The van der Waals surface area contributed by atoms with Crippen LogP contribution >= 0.6 is 7.60 Å². The predicted octanol–water partition coefficient (Wildman–Crippen LogP) is 4.71. The van der Waals surface area contributed by atoms with Gasteiger partial charge in [-0.1, -0.05) is 55.7 Å². The molecule has 2 aromatic carbocycles. The Hall–Kier alpha value is -2.30. The molecule has 1 aliphatic carbocycles. The molecule has 2 atom stereocenters. The second kappa shape index (κ2) is 9.95. The van der Waals surface area contributed by atoms with Crippen molar-refractivity contribution >= 4 is 13.5 Å². The lowest BCUT2D eigenvalue weighted by Crippen LogP contribution is -2.49. The van der Waals surface area contributed by atoms with Crippen molar-refractivity contribution in [3.05, 3.63) is 60.7 Å². The number of hydrogen-bond acceptors (Lipinski definition) is 5. The van der Waals surface area contributed by atoms with Crippen molar-refractivity contribution in [2.45, 2.75) is 50.9 Å². The summed E-state index contributed by atoms with van der Waals surface area (Å²) in [5.41, 5.74) is 6.21. The van der Waals surface area contributed by atoms with Crippen molar-refractivity contribution in [3.63, 3.8) is 0 Å². The fourth-order valence-corrected chi connectivity index (χ4v) is 4.99. The average Bonchev–Trinajstić information content (AvgIpc) is 2.75. The lowest BCUT2D eigenvalue weighted by atomic mass is 9.84.